The molecule has 0 unspecified atom stereocenters. The van der Waals surface area contributed by atoms with E-state index in [4.69, 9.17) is 11.6 Å². The van der Waals surface area contributed by atoms with Crippen molar-refractivity contribution in [1.82, 2.24) is 15.0 Å². The molecule has 0 spiro atoms. The van der Waals surface area contributed by atoms with Crippen molar-refractivity contribution in [3.8, 4) is 11.5 Å². The lowest BCUT2D eigenvalue weighted by Crippen LogP contribution is -2.04. The minimum atomic E-state index is -0.615. The molecular formula is C16H9ClFN3O. The Morgan fingerprint density at radius 2 is 1.86 bits per heavy atom. The predicted octanol–water partition coefficient (Wildman–Crippen LogP) is 3.86. The lowest BCUT2D eigenvalue weighted by atomic mass is 10.2. The molecule has 4 nitrogen and oxygen atoms in total. The van der Waals surface area contributed by atoms with Crippen LogP contribution < -0.4 is 5.43 Å². The van der Waals surface area contributed by atoms with E-state index in [0.29, 0.717) is 17.0 Å². The maximum Gasteiger partial charge on any atom is 0.190 e. The zero-order valence-corrected chi connectivity index (χ0v) is 11.9. The maximum absolute atomic E-state index is 13.5. The van der Waals surface area contributed by atoms with E-state index in [0.717, 1.165) is 17.1 Å². The van der Waals surface area contributed by atoms with Gasteiger partial charge in [-0.1, -0.05) is 23.7 Å². The number of H-pyrrole nitrogens is 2. The van der Waals surface area contributed by atoms with E-state index < -0.39 is 5.82 Å². The van der Waals surface area contributed by atoms with Gasteiger partial charge in [0.25, 0.3) is 0 Å². The number of nitrogens with one attached hydrogen (secondary N) is 2. The van der Waals surface area contributed by atoms with E-state index in [-0.39, 0.29) is 15.8 Å². The van der Waals surface area contributed by atoms with Crippen molar-refractivity contribution in [3.05, 3.63) is 63.5 Å². The number of hydrogen-bond acceptors (Lipinski definition) is 2. The van der Waals surface area contributed by atoms with E-state index in [1.807, 2.05) is 24.3 Å². The van der Waals surface area contributed by atoms with Gasteiger partial charge in [0, 0.05) is 11.5 Å². The molecule has 0 saturated heterocycles. The van der Waals surface area contributed by atoms with Crippen LogP contribution in [0.15, 0.2) is 47.3 Å². The SMILES string of the molecule is O=c1cc(-c2nc3ccccc3[nH]2)[nH]c2cc(Cl)c(F)cc12. The van der Waals surface area contributed by atoms with Gasteiger partial charge in [0.1, 0.15) is 5.82 Å². The number of pyridine rings is 1. The minimum Gasteiger partial charge on any atom is -0.352 e. The molecule has 0 amide bonds. The lowest BCUT2D eigenvalue weighted by molar-refractivity contribution is 0.630. The Kier molecular flexibility index (Phi) is 2.77. The number of imidazole rings is 1. The highest BCUT2D eigenvalue weighted by atomic mass is 35.5. The first-order valence-corrected chi connectivity index (χ1v) is 6.97. The first-order valence-electron chi connectivity index (χ1n) is 6.59. The minimum absolute atomic E-state index is 0.0371. The molecule has 4 aromatic rings. The Bertz CT molecular complexity index is 1050. The molecule has 4 rings (SSSR count). The second-order valence-electron chi connectivity index (χ2n) is 4.96. The summed E-state index contributed by atoms with van der Waals surface area (Å²) in [6.07, 6.45) is 0. The zero-order chi connectivity index (χ0) is 15.3. The molecule has 22 heavy (non-hydrogen) atoms. The van der Waals surface area contributed by atoms with E-state index in [1.165, 1.54) is 12.1 Å². The smallest absolute Gasteiger partial charge is 0.190 e. The van der Waals surface area contributed by atoms with Gasteiger partial charge >= 0.3 is 0 Å². The largest absolute Gasteiger partial charge is 0.352 e. The standard InChI is InChI=1S/C16H9ClFN3O/c17-9-6-13-8(5-10(9)18)15(22)7-14(19-13)16-20-11-3-1-2-4-12(11)21-16/h1-7H,(H,19,22)(H,20,21). The van der Waals surface area contributed by atoms with E-state index in [2.05, 4.69) is 15.0 Å². The average Bonchev–Trinajstić information content (AvgIpc) is 2.93. The van der Waals surface area contributed by atoms with Gasteiger partial charge in [-0.05, 0) is 24.3 Å². The van der Waals surface area contributed by atoms with Gasteiger partial charge < -0.3 is 9.97 Å². The second kappa shape index (κ2) is 4.68. The maximum atomic E-state index is 13.5. The number of rotatable bonds is 1. The summed E-state index contributed by atoms with van der Waals surface area (Å²) in [6, 6.07) is 11.5. The van der Waals surface area contributed by atoms with Crippen molar-refractivity contribution >= 4 is 33.5 Å². The van der Waals surface area contributed by atoms with Gasteiger partial charge in [-0.3, -0.25) is 4.79 Å². The molecule has 0 radical (unpaired) electrons. The van der Waals surface area contributed by atoms with Crippen molar-refractivity contribution in [2.24, 2.45) is 0 Å². The number of para-hydroxylation sites is 2. The zero-order valence-electron chi connectivity index (χ0n) is 11.2. The Balaban J connectivity index is 1.99. The molecule has 0 aliphatic heterocycles. The van der Waals surface area contributed by atoms with Crippen molar-refractivity contribution in [1.29, 1.82) is 0 Å². The lowest BCUT2D eigenvalue weighted by Gasteiger charge is -2.03. The topological polar surface area (TPSA) is 61.5 Å². The Hall–Kier alpha value is -2.66. The van der Waals surface area contributed by atoms with Crippen LogP contribution in [-0.4, -0.2) is 15.0 Å². The molecule has 2 heterocycles. The summed E-state index contributed by atoms with van der Waals surface area (Å²) in [5.41, 5.74) is 2.37. The molecule has 0 bridgehead atoms. The third-order valence-electron chi connectivity index (χ3n) is 3.52. The third kappa shape index (κ3) is 1.98. The molecule has 0 aliphatic rings. The van der Waals surface area contributed by atoms with Crippen LogP contribution in [-0.2, 0) is 0 Å². The predicted molar refractivity (Wildman–Crippen MR) is 84.6 cm³/mol. The number of aromatic nitrogens is 3. The highest BCUT2D eigenvalue weighted by molar-refractivity contribution is 6.31. The van der Waals surface area contributed by atoms with Crippen LogP contribution in [0.25, 0.3) is 33.5 Å². The molecular weight excluding hydrogens is 305 g/mol. The van der Waals surface area contributed by atoms with Crippen LogP contribution in [0, 0.1) is 5.82 Å². The highest BCUT2D eigenvalue weighted by Gasteiger charge is 2.11. The van der Waals surface area contributed by atoms with Crippen molar-refractivity contribution < 1.29 is 4.39 Å². The number of halogens is 2. The summed E-state index contributed by atoms with van der Waals surface area (Å²) in [7, 11) is 0. The quantitative estimate of drug-likeness (QED) is 0.560. The van der Waals surface area contributed by atoms with Gasteiger partial charge in [0.05, 0.1) is 27.3 Å². The average molecular weight is 314 g/mol. The summed E-state index contributed by atoms with van der Waals surface area (Å²) < 4.78 is 13.5. The summed E-state index contributed by atoms with van der Waals surface area (Å²) in [5, 5.41) is 0.215. The Morgan fingerprint density at radius 3 is 2.68 bits per heavy atom. The van der Waals surface area contributed by atoms with Gasteiger partial charge in [-0.2, -0.15) is 0 Å². The fraction of sp³-hybridized carbons (Fsp3) is 0. The van der Waals surface area contributed by atoms with Crippen LogP contribution in [0.4, 0.5) is 4.39 Å². The molecule has 2 aromatic heterocycles. The number of fused-ring (bicyclic) bond motifs is 2. The molecule has 2 N–H and O–H groups in total. The molecule has 0 fully saturated rings. The molecule has 0 aliphatic carbocycles. The molecule has 0 saturated carbocycles. The van der Waals surface area contributed by atoms with E-state index in [1.54, 1.807) is 0 Å². The molecule has 108 valence electrons. The monoisotopic (exact) mass is 313 g/mol. The van der Waals surface area contributed by atoms with Gasteiger partial charge in [-0.25, -0.2) is 9.37 Å². The highest BCUT2D eigenvalue weighted by Crippen LogP contribution is 2.23. The summed E-state index contributed by atoms with van der Waals surface area (Å²) in [6.45, 7) is 0. The van der Waals surface area contributed by atoms with Crippen LogP contribution in [0.2, 0.25) is 5.02 Å². The van der Waals surface area contributed by atoms with Gasteiger partial charge in [0.15, 0.2) is 11.3 Å². The summed E-state index contributed by atoms with van der Waals surface area (Å²) in [4.78, 5) is 22.8. The number of aromatic amines is 2. The Labute approximate surface area is 128 Å². The first-order chi connectivity index (χ1) is 10.6. The summed E-state index contributed by atoms with van der Waals surface area (Å²) >= 11 is 5.78. The van der Waals surface area contributed by atoms with Crippen molar-refractivity contribution in [2.75, 3.05) is 0 Å². The van der Waals surface area contributed by atoms with Gasteiger partial charge in [0.2, 0.25) is 0 Å². The fourth-order valence-corrected chi connectivity index (χ4v) is 2.62. The summed E-state index contributed by atoms with van der Waals surface area (Å²) in [5.74, 6) is -0.0724. The molecule has 0 atom stereocenters. The third-order valence-corrected chi connectivity index (χ3v) is 3.80. The van der Waals surface area contributed by atoms with Gasteiger partial charge in [-0.15, -0.1) is 0 Å². The second-order valence-corrected chi connectivity index (χ2v) is 5.37. The normalized spacial score (nSPS) is 11.4. The number of hydrogen-bond donors (Lipinski definition) is 2. The Morgan fingerprint density at radius 1 is 1.05 bits per heavy atom. The van der Waals surface area contributed by atoms with E-state index >= 15 is 0 Å². The van der Waals surface area contributed by atoms with Crippen LogP contribution in [0.1, 0.15) is 0 Å². The van der Waals surface area contributed by atoms with Crippen LogP contribution in [0.5, 0.6) is 0 Å². The molecule has 6 heteroatoms. The number of nitrogens with zero attached hydrogens (tertiary/aromatic N) is 1. The van der Waals surface area contributed by atoms with Crippen LogP contribution >= 0.6 is 11.6 Å². The fourth-order valence-electron chi connectivity index (χ4n) is 2.45. The van der Waals surface area contributed by atoms with E-state index in [9.17, 15) is 9.18 Å². The van der Waals surface area contributed by atoms with Crippen molar-refractivity contribution in [3.63, 3.8) is 0 Å². The first kappa shape index (κ1) is 13.0. The van der Waals surface area contributed by atoms with Crippen LogP contribution in [0.3, 0.4) is 0 Å². The number of benzene rings is 2. The van der Waals surface area contributed by atoms with Crippen molar-refractivity contribution in [2.45, 2.75) is 0 Å². The molecule has 2 aromatic carbocycles.